The van der Waals surface area contributed by atoms with Crippen LogP contribution in [0.15, 0.2) is 29.4 Å². The molecule has 0 radical (unpaired) electrons. The molecule has 0 spiro atoms. The highest BCUT2D eigenvalue weighted by Gasteiger charge is 2.28. The van der Waals surface area contributed by atoms with Gasteiger partial charge in [-0.25, -0.2) is 10.1 Å². The number of nitrogens with zero attached hydrogens (tertiary/aromatic N) is 3. The average Bonchev–Trinajstić information content (AvgIpc) is 2.83. The number of alkyl halides is 3. The number of aromatic amines is 1. The van der Waals surface area contributed by atoms with Crippen LogP contribution in [0.2, 0.25) is 0 Å². The van der Waals surface area contributed by atoms with Gasteiger partial charge in [0.05, 0.1) is 16.8 Å². The fourth-order valence-electron chi connectivity index (χ4n) is 1.69. The second-order valence-electron chi connectivity index (χ2n) is 3.67. The molecule has 0 saturated carbocycles. The number of nitrogens with one attached hydrogen (secondary N) is 1. The fourth-order valence-corrected chi connectivity index (χ4v) is 2.40. The Balaban J connectivity index is 2.07. The van der Waals surface area contributed by atoms with Crippen molar-refractivity contribution in [1.82, 2.24) is 19.6 Å². The van der Waals surface area contributed by atoms with Gasteiger partial charge < -0.3 is 0 Å². The van der Waals surface area contributed by atoms with Gasteiger partial charge >= 0.3 is 6.18 Å². The summed E-state index contributed by atoms with van der Waals surface area (Å²) in [5.41, 5.74) is 1.46. The quantitative estimate of drug-likeness (QED) is 0.730. The van der Waals surface area contributed by atoms with Crippen molar-refractivity contribution in [3.63, 3.8) is 0 Å². The van der Waals surface area contributed by atoms with Crippen molar-refractivity contribution < 1.29 is 13.2 Å². The van der Waals surface area contributed by atoms with Crippen LogP contribution in [0, 0.1) is 0 Å². The number of H-pyrrole nitrogens is 1. The SMILES string of the molecule is FC(F)(F)CSc1n[nH]c2nc3ccccc3n12. The van der Waals surface area contributed by atoms with E-state index in [9.17, 15) is 13.2 Å². The zero-order valence-electron chi connectivity index (χ0n) is 8.90. The Hall–Kier alpha value is -1.70. The van der Waals surface area contributed by atoms with E-state index in [0.717, 1.165) is 11.0 Å². The molecule has 0 amide bonds. The van der Waals surface area contributed by atoms with Crippen LogP contribution in [0.5, 0.6) is 0 Å². The maximum atomic E-state index is 12.2. The summed E-state index contributed by atoms with van der Waals surface area (Å²) in [6.45, 7) is 0. The summed E-state index contributed by atoms with van der Waals surface area (Å²) in [5, 5.41) is 6.73. The summed E-state index contributed by atoms with van der Waals surface area (Å²) in [5.74, 6) is -0.528. The molecular weight excluding hydrogens is 265 g/mol. The Labute approximate surface area is 103 Å². The van der Waals surface area contributed by atoms with Crippen LogP contribution in [0.4, 0.5) is 13.2 Å². The molecule has 0 aliphatic heterocycles. The molecule has 2 aromatic heterocycles. The highest BCUT2D eigenvalue weighted by atomic mass is 32.2. The zero-order chi connectivity index (χ0) is 12.8. The summed E-state index contributed by atoms with van der Waals surface area (Å²) >= 11 is 0.639. The molecule has 3 aromatic rings. The third-order valence-corrected chi connectivity index (χ3v) is 3.37. The lowest BCUT2D eigenvalue weighted by Crippen LogP contribution is -2.11. The third-order valence-electron chi connectivity index (χ3n) is 2.37. The summed E-state index contributed by atoms with van der Waals surface area (Å²) < 4.78 is 38.2. The number of rotatable bonds is 2. The first-order chi connectivity index (χ1) is 8.54. The molecule has 1 aromatic carbocycles. The van der Waals surface area contributed by atoms with E-state index in [-0.39, 0.29) is 5.16 Å². The fraction of sp³-hybridized carbons (Fsp3) is 0.200. The van der Waals surface area contributed by atoms with Gasteiger partial charge in [-0.1, -0.05) is 23.9 Å². The molecule has 4 nitrogen and oxygen atoms in total. The molecule has 0 unspecified atom stereocenters. The maximum absolute atomic E-state index is 12.2. The van der Waals surface area contributed by atoms with Crippen molar-refractivity contribution in [2.75, 3.05) is 5.75 Å². The summed E-state index contributed by atoms with van der Waals surface area (Å²) in [4.78, 5) is 4.23. The lowest BCUT2D eigenvalue weighted by molar-refractivity contribution is -0.105. The van der Waals surface area contributed by atoms with E-state index in [2.05, 4.69) is 15.2 Å². The van der Waals surface area contributed by atoms with Gasteiger partial charge in [0.25, 0.3) is 0 Å². The van der Waals surface area contributed by atoms with Crippen LogP contribution < -0.4 is 0 Å². The monoisotopic (exact) mass is 272 g/mol. The molecule has 1 N–H and O–H groups in total. The molecule has 0 bridgehead atoms. The molecule has 0 aliphatic rings. The third kappa shape index (κ3) is 1.92. The van der Waals surface area contributed by atoms with E-state index in [1.807, 2.05) is 12.1 Å². The molecular formula is C10H7F3N4S. The molecule has 0 fully saturated rings. The first-order valence-corrected chi connectivity index (χ1v) is 6.04. The van der Waals surface area contributed by atoms with Crippen LogP contribution in [-0.2, 0) is 0 Å². The smallest absolute Gasteiger partial charge is 0.254 e. The topological polar surface area (TPSA) is 46.0 Å². The molecule has 0 atom stereocenters. The number of fused-ring (bicyclic) bond motifs is 3. The van der Waals surface area contributed by atoms with Crippen LogP contribution in [0.3, 0.4) is 0 Å². The van der Waals surface area contributed by atoms with Gasteiger partial charge in [-0.3, -0.25) is 4.40 Å². The van der Waals surface area contributed by atoms with Gasteiger partial charge in [0.2, 0.25) is 5.78 Å². The number of hydrogen-bond donors (Lipinski definition) is 1. The number of benzene rings is 1. The lowest BCUT2D eigenvalue weighted by atomic mass is 10.3. The minimum Gasteiger partial charge on any atom is -0.254 e. The van der Waals surface area contributed by atoms with E-state index < -0.39 is 11.9 Å². The number of imidazole rings is 1. The number of aromatic nitrogens is 4. The Bertz CT molecular complexity index is 700. The first-order valence-electron chi connectivity index (χ1n) is 5.06. The van der Waals surface area contributed by atoms with Crippen molar-refractivity contribution in [3.8, 4) is 0 Å². The molecule has 0 saturated heterocycles. The van der Waals surface area contributed by atoms with Gasteiger partial charge in [0, 0.05) is 0 Å². The predicted molar refractivity (Wildman–Crippen MR) is 61.6 cm³/mol. The van der Waals surface area contributed by atoms with Crippen LogP contribution in [0.25, 0.3) is 16.8 Å². The Kier molecular flexibility index (Phi) is 2.47. The number of thioether (sulfide) groups is 1. The Morgan fingerprint density at radius 1 is 1.28 bits per heavy atom. The van der Waals surface area contributed by atoms with Crippen molar-refractivity contribution in [2.24, 2.45) is 0 Å². The van der Waals surface area contributed by atoms with Gasteiger partial charge in [-0.05, 0) is 12.1 Å². The second-order valence-corrected chi connectivity index (χ2v) is 4.61. The van der Waals surface area contributed by atoms with E-state index in [1.54, 1.807) is 16.5 Å². The maximum Gasteiger partial charge on any atom is 0.398 e. The Morgan fingerprint density at radius 2 is 2.06 bits per heavy atom. The second kappa shape index (κ2) is 3.91. The van der Waals surface area contributed by atoms with Crippen LogP contribution in [0.1, 0.15) is 0 Å². The number of hydrogen-bond acceptors (Lipinski definition) is 3. The zero-order valence-corrected chi connectivity index (χ0v) is 9.72. The van der Waals surface area contributed by atoms with Crippen molar-refractivity contribution in [2.45, 2.75) is 11.3 Å². The van der Waals surface area contributed by atoms with Crippen molar-refractivity contribution >= 4 is 28.6 Å². The summed E-state index contributed by atoms with van der Waals surface area (Å²) in [6.07, 6.45) is -4.22. The van der Waals surface area contributed by atoms with Gasteiger partial charge in [-0.15, -0.1) is 5.10 Å². The first kappa shape index (κ1) is 11.4. The summed E-state index contributed by atoms with van der Waals surface area (Å²) in [7, 11) is 0. The molecule has 94 valence electrons. The minimum atomic E-state index is -4.22. The van der Waals surface area contributed by atoms with Crippen molar-refractivity contribution in [1.29, 1.82) is 0 Å². The van der Waals surface area contributed by atoms with E-state index in [0.29, 0.717) is 17.5 Å². The molecule has 2 heterocycles. The Morgan fingerprint density at radius 3 is 2.83 bits per heavy atom. The highest BCUT2D eigenvalue weighted by molar-refractivity contribution is 7.99. The van der Waals surface area contributed by atoms with E-state index >= 15 is 0 Å². The molecule has 8 heteroatoms. The summed E-state index contributed by atoms with van der Waals surface area (Å²) in [6, 6.07) is 7.23. The van der Waals surface area contributed by atoms with Gasteiger partial charge in [-0.2, -0.15) is 13.2 Å². The lowest BCUT2D eigenvalue weighted by Gasteiger charge is -2.03. The number of para-hydroxylation sites is 2. The largest absolute Gasteiger partial charge is 0.398 e. The van der Waals surface area contributed by atoms with Gasteiger partial charge in [0.1, 0.15) is 0 Å². The number of halogens is 3. The van der Waals surface area contributed by atoms with Crippen LogP contribution in [-0.4, -0.2) is 31.5 Å². The molecule has 18 heavy (non-hydrogen) atoms. The van der Waals surface area contributed by atoms with E-state index in [1.165, 1.54) is 0 Å². The van der Waals surface area contributed by atoms with Crippen molar-refractivity contribution in [3.05, 3.63) is 24.3 Å². The van der Waals surface area contributed by atoms with Crippen LogP contribution >= 0.6 is 11.8 Å². The molecule has 3 rings (SSSR count). The minimum absolute atomic E-state index is 0.260. The highest BCUT2D eigenvalue weighted by Crippen LogP contribution is 2.28. The molecule has 0 aliphatic carbocycles. The predicted octanol–water partition coefficient (Wildman–Crippen LogP) is 2.87. The average molecular weight is 272 g/mol. The van der Waals surface area contributed by atoms with Gasteiger partial charge in [0.15, 0.2) is 5.16 Å². The normalized spacial score (nSPS) is 12.6. The van der Waals surface area contributed by atoms with E-state index in [4.69, 9.17) is 0 Å². The standard InChI is InChI=1S/C10H7F3N4S/c11-10(12,13)5-18-9-16-15-8-14-6-3-1-2-4-7(6)17(8)9/h1-4H,5H2,(H,14,15).